The molecule has 0 unspecified atom stereocenters. The fourth-order valence-corrected chi connectivity index (χ4v) is 4.47. The van der Waals surface area contributed by atoms with Crippen molar-refractivity contribution in [3.63, 3.8) is 0 Å². The first kappa shape index (κ1) is 22.7. The molecule has 2 aromatic rings. The smallest absolute Gasteiger partial charge is 0.318 e. The van der Waals surface area contributed by atoms with Crippen LogP contribution in [0.25, 0.3) is 0 Å². The van der Waals surface area contributed by atoms with Crippen LogP contribution in [0.5, 0.6) is 11.5 Å². The number of ether oxygens (including phenoxy) is 1. The molecule has 0 saturated carbocycles. The van der Waals surface area contributed by atoms with E-state index in [1.165, 1.54) is 0 Å². The molecule has 0 saturated heterocycles. The van der Waals surface area contributed by atoms with E-state index in [2.05, 4.69) is 58.3 Å². The zero-order valence-corrected chi connectivity index (χ0v) is 18.7. The molecular formula is C15H9Br3N4O7. The summed E-state index contributed by atoms with van der Waals surface area (Å²) in [5, 5.41) is 35.2. The van der Waals surface area contributed by atoms with Gasteiger partial charge in [0.05, 0.1) is 36.6 Å². The van der Waals surface area contributed by atoms with Crippen LogP contribution in [0.3, 0.4) is 0 Å². The van der Waals surface area contributed by atoms with Crippen molar-refractivity contribution in [1.29, 1.82) is 0 Å². The molecule has 0 aliphatic heterocycles. The molecule has 1 amide bonds. The topological polar surface area (TPSA) is 157 Å². The van der Waals surface area contributed by atoms with Crippen LogP contribution in [0.2, 0.25) is 0 Å². The number of nitrogens with one attached hydrogen (secondary N) is 1. The van der Waals surface area contributed by atoms with Crippen molar-refractivity contribution in [3.8, 4) is 11.5 Å². The normalized spacial score (nSPS) is 10.7. The Morgan fingerprint density at radius 1 is 1.14 bits per heavy atom. The average Bonchev–Trinajstić information content (AvgIpc) is 2.61. The van der Waals surface area contributed by atoms with Crippen LogP contribution in [0.15, 0.2) is 42.8 Å². The second-order valence-corrected chi connectivity index (χ2v) is 7.82. The molecule has 0 aliphatic rings. The highest BCUT2D eigenvalue weighted by atomic mass is 79.9. The summed E-state index contributed by atoms with van der Waals surface area (Å²) in [6.45, 7) is -0.419. The number of carbonyl (C=O) groups excluding carboxylic acids is 1. The molecule has 2 N–H and O–H groups in total. The van der Waals surface area contributed by atoms with Crippen molar-refractivity contribution in [3.05, 3.63) is 63.5 Å². The first-order chi connectivity index (χ1) is 13.6. The van der Waals surface area contributed by atoms with Crippen molar-refractivity contribution in [2.75, 3.05) is 6.61 Å². The standard InChI is InChI=1S/C15H9Br3N4O7/c16-8-2-10(17)15(11(18)3-8)29-6-13(23)20-19-5-7-1-9(21(25)26)4-12(14(7)24)22(27)28/h1-5,24H,6H2,(H,20,23)/b19-5-. The second-order valence-electron chi connectivity index (χ2n) is 5.20. The van der Waals surface area contributed by atoms with Gasteiger partial charge in [-0.2, -0.15) is 5.10 Å². The lowest BCUT2D eigenvalue weighted by molar-refractivity contribution is -0.394. The molecule has 0 radical (unpaired) electrons. The van der Waals surface area contributed by atoms with Crippen LogP contribution in [0.4, 0.5) is 11.4 Å². The van der Waals surface area contributed by atoms with Gasteiger partial charge in [0, 0.05) is 10.5 Å². The average molecular weight is 597 g/mol. The van der Waals surface area contributed by atoms with Gasteiger partial charge in [-0.05, 0) is 44.0 Å². The van der Waals surface area contributed by atoms with Crippen LogP contribution in [0, 0.1) is 20.2 Å². The Morgan fingerprint density at radius 2 is 1.76 bits per heavy atom. The van der Waals surface area contributed by atoms with Crippen LogP contribution < -0.4 is 10.2 Å². The first-order valence-corrected chi connectivity index (χ1v) is 9.73. The number of halogens is 3. The summed E-state index contributed by atoms with van der Waals surface area (Å²) < 4.78 is 7.34. The fourth-order valence-electron chi connectivity index (χ4n) is 1.98. The molecule has 0 atom stereocenters. The third kappa shape index (κ3) is 5.95. The predicted molar refractivity (Wildman–Crippen MR) is 112 cm³/mol. The number of hydrogen-bond donors (Lipinski definition) is 2. The maximum atomic E-state index is 11.9. The lowest BCUT2D eigenvalue weighted by Crippen LogP contribution is -2.24. The maximum absolute atomic E-state index is 11.9. The first-order valence-electron chi connectivity index (χ1n) is 7.35. The number of nitro groups is 2. The molecule has 0 bridgehead atoms. The number of phenols is 1. The number of carbonyl (C=O) groups is 1. The van der Waals surface area contributed by atoms with E-state index >= 15 is 0 Å². The highest BCUT2D eigenvalue weighted by Crippen LogP contribution is 2.36. The van der Waals surface area contributed by atoms with E-state index in [-0.39, 0.29) is 5.56 Å². The quantitative estimate of drug-likeness (QED) is 0.277. The number of rotatable bonds is 7. The zero-order chi connectivity index (χ0) is 21.7. The van der Waals surface area contributed by atoms with Crippen LogP contribution in [0.1, 0.15) is 5.56 Å². The monoisotopic (exact) mass is 594 g/mol. The lowest BCUT2D eigenvalue weighted by Gasteiger charge is -2.09. The summed E-state index contributed by atoms with van der Waals surface area (Å²) in [7, 11) is 0. The summed E-state index contributed by atoms with van der Waals surface area (Å²) in [5.74, 6) is -1.13. The minimum absolute atomic E-state index is 0.314. The maximum Gasteiger partial charge on any atom is 0.318 e. The molecule has 0 aliphatic carbocycles. The molecule has 0 aromatic heterocycles. The molecule has 0 heterocycles. The van der Waals surface area contributed by atoms with Gasteiger partial charge in [0.2, 0.25) is 5.75 Å². The number of aromatic hydroxyl groups is 1. The summed E-state index contributed by atoms with van der Waals surface area (Å²) in [5.41, 5.74) is 0.301. The summed E-state index contributed by atoms with van der Waals surface area (Å²) in [6, 6.07) is 4.93. The van der Waals surface area contributed by atoms with Gasteiger partial charge in [0.25, 0.3) is 11.6 Å². The number of non-ortho nitro benzene ring substituents is 1. The number of benzene rings is 2. The zero-order valence-electron chi connectivity index (χ0n) is 14.0. The van der Waals surface area contributed by atoms with E-state index in [4.69, 9.17) is 4.74 Å². The predicted octanol–water partition coefficient (Wildman–Crippen LogP) is 4.03. The highest BCUT2D eigenvalue weighted by molar-refractivity contribution is 9.11. The van der Waals surface area contributed by atoms with Crippen molar-refractivity contribution in [1.82, 2.24) is 5.43 Å². The number of amides is 1. The largest absolute Gasteiger partial charge is 0.502 e. The minimum atomic E-state index is -0.972. The van der Waals surface area contributed by atoms with E-state index in [0.29, 0.717) is 20.8 Å². The van der Waals surface area contributed by atoms with Crippen molar-refractivity contribution in [2.45, 2.75) is 0 Å². The van der Waals surface area contributed by atoms with Gasteiger partial charge in [-0.15, -0.1) is 0 Å². The number of nitrogens with zero attached hydrogens (tertiary/aromatic N) is 3. The number of phenolic OH excluding ortho intramolecular Hbond substituents is 1. The number of hydrogen-bond acceptors (Lipinski definition) is 8. The van der Waals surface area contributed by atoms with Gasteiger partial charge in [-0.1, -0.05) is 15.9 Å². The lowest BCUT2D eigenvalue weighted by atomic mass is 10.1. The Labute approximate surface area is 187 Å². The summed E-state index contributed by atoms with van der Waals surface area (Å²) >= 11 is 9.88. The van der Waals surface area contributed by atoms with Crippen LogP contribution >= 0.6 is 47.8 Å². The minimum Gasteiger partial charge on any atom is -0.502 e. The Hall–Kier alpha value is -2.58. The van der Waals surface area contributed by atoms with Gasteiger partial charge < -0.3 is 9.84 Å². The summed E-state index contributed by atoms with van der Waals surface area (Å²) in [4.78, 5) is 31.8. The van der Waals surface area contributed by atoms with Gasteiger partial charge in [0.1, 0.15) is 5.75 Å². The van der Waals surface area contributed by atoms with Gasteiger partial charge in [0.15, 0.2) is 6.61 Å². The SMILES string of the molecule is O=C(COc1c(Br)cc(Br)cc1Br)N/N=C\c1cc([N+](=O)[O-])cc([N+](=O)[O-])c1O. The van der Waals surface area contributed by atoms with Crippen molar-refractivity contribution >= 4 is 71.3 Å². The van der Waals surface area contributed by atoms with E-state index in [1.807, 2.05) is 0 Å². The van der Waals surface area contributed by atoms with E-state index in [0.717, 1.165) is 16.8 Å². The Kier molecular flexibility index (Phi) is 7.64. The molecule has 11 nitrogen and oxygen atoms in total. The Bertz CT molecular complexity index is 1010. The fraction of sp³-hybridized carbons (Fsp3) is 0.0667. The number of nitro benzene ring substituents is 2. The Morgan fingerprint density at radius 3 is 2.31 bits per heavy atom. The third-order valence-electron chi connectivity index (χ3n) is 3.22. The molecule has 2 aromatic carbocycles. The van der Waals surface area contributed by atoms with Crippen molar-refractivity contribution in [2.24, 2.45) is 5.10 Å². The molecular weight excluding hydrogens is 588 g/mol. The van der Waals surface area contributed by atoms with E-state index in [9.17, 15) is 30.1 Å². The molecule has 0 spiro atoms. The van der Waals surface area contributed by atoms with Crippen LogP contribution in [-0.4, -0.2) is 33.7 Å². The van der Waals surface area contributed by atoms with Crippen molar-refractivity contribution < 1.29 is 24.5 Å². The van der Waals surface area contributed by atoms with Gasteiger partial charge in [-0.25, -0.2) is 5.43 Å². The van der Waals surface area contributed by atoms with Gasteiger partial charge in [-0.3, -0.25) is 25.0 Å². The molecule has 2 rings (SSSR count). The van der Waals surface area contributed by atoms with E-state index in [1.54, 1.807) is 12.1 Å². The molecule has 29 heavy (non-hydrogen) atoms. The Balaban J connectivity index is 2.09. The summed E-state index contributed by atoms with van der Waals surface area (Å²) in [6.07, 6.45) is 0.846. The molecule has 14 heteroatoms. The van der Waals surface area contributed by atoms with E-state index < -0.39 is 39.5 Å². The van der Waals surface area contributed by atoms with Gasteiger partial charge >= 0.3 is 5.69 Å². The van der Waals surface area contributed by atoms with Crippen LogP contribution in [-0.2, 0) is 4.79 Å². The highest BCUT2D eigenvalue weighted by Gasteiger charge is 2.23. The molecule has 0 fully saturated rings. The molecule has 152 valence electrons. The third-order valence-corrected chi connectivity index (χ3v) is 4.85. The number of hydrazone groups is 1. The second kappa shape index (κ2) is 9.76.